The van der Waals surface area contributed by atoms with Crippen LogP contribution in [0.2, 0.25) is 0 Å². The number of carbonyl (C=O) groups excluding carboxylic acids is 1. The highest BCUT2D eigenvalue weighted by atomic mass is 32.2. The number of anilines is 1. The zero-order chi connectivity index (χ0) is 21.5. The third kappa shape index (κ3) is 5.49. The van der Waals surface area contributed by atoms with E-state index in [1.54, 1.807) is 36.6 Å². The molecule has 0 aliphatic rings. The number of amides is 1. The maximum Gasteiger partial charge on any atom is 0.308 e. The molecule has 0 aliphatic heterocycles. The van der Waals surface area contributed by atoms with Gasteiger partial charge in [0.15, 0.2) is 5.76 Å². The van der Waals surface area contributed by atoms with Crippen molar-refractivity contribution in [2.75, 3.05) is 5.32 Å². The average molecular weight is 424 g/mol. The van der Waals surface area contributed by atoms with Gasteiger partial charge in [-0.2, -0.15) is 13.2 Å². The molecule has 9 nitrogen and oxygen atoms in total. The molecule has 0 fully saturated rings. The van der Waals surface area contributed by atoms with Gasteiger partial charge in [-0.05, 0) is 49.4 Å². The molecule has 0 radical (unpaired) electrons. The summed E-state index contributed by atoms with van der Waals surface area (Å²) in [7, 11) is -2.61. The van der Waals surface area contributed by atoms with Crippen LogP contribution >= 0.6 is 0 Å². The van der Waals surface area contributed by atoms with Gasteiger partial charge in [-0.25, -0.2) is 0 Å². The Kier molecular flexibility index (Phi) is 6.50. The lowest BCUT2D eigenvalue weighted by Crippen LogP contribution is -2.11. The SMILES string of the molecule is Cc1cccc(C(=O)Nc2cccc(-c3nnc(-c4ccco4)o3)c2)c1.N=S(=O)=O. The Morgan fingerprint density at radius 3 is 2.43 bits per heavy atom. The maximum absolute atomic E-state index is 12.4. The van der Waals surface area contributed by atoms with Crippen molar-refractivity contribution >= 4 is 22.1 Å². The molecule has 2 N–H and O–H groups in total. The molecule has 0 saturated carbocycles. The largest absolute Gasteiger partial charge is 0.459 e. The van der Waals surface area contributed by atoms with Gasteiger partial charge < -0.3 is 14.2 Å². The molecule has 1 amide bonds. The van der Waals surface area contributed by atoms with E-state index in [4.69, 9.17) is 22.0 Å². The molecule has 0 saturated heterocycles. The standard InChI is InChI=1S/C20H15N3O3.HNO2S/c1-13-5-2-6-14(11-13)18(24)21-16-8-3-7-15(12-16)19-22-23-20(26-19)17-9-4-10-25-17;1-4(2)3/h2-12H,1H3,(H,21,24);1H. The molecule has 0 bridgehead atoms. The summed E-state index contributed by atoms with van der Waals surface area (Å²) in [5.41, 5.74) is 2.99. The highest BCUT2D eigenvalue weighted by molar-refractivity contribution is 7.60. The van der Waals surface area contributed by atoms with E-state index >= 15 is 0 Å². The van der Waals surface area contributed by atoms with Crippen LogP contribution in [0.25, 0.3) is 23.1 Å². The summed E-state index contributed by atoms with van der Waals surface area (Å²) in [4.78, 5) is 12.4. The van der Waals surface area contributed by atoms with Crippen molar-refractivity contribution in [1.82, 2.24) is 10.2 Å². The fourth-order valence-corrected chi connectivity index (χ4v) is 2.56. The fourth-order valence-electron chi connectivity index (χ4n) is 2.56. The first-order chi connectivity index (χ1) is 14.4. The van der Waals surface area contributed by atoms with E-state index in [-0.39, 0.29) is 5.91 Å². The van der Waals surface area contributed by atoms with Crippen LogP contribution in [0.3, 0.4) is 0 Å². The highest BCUT2D eigenvalue weighted by Crippen LogP contribution is 2.26. The Morgan fingerprint density at radius 2 is 1.73 bits per heavy atom. The summed E-state index contributed by atoms with van der Waals surface area (Å²) in [5, 5.41) is 10.9. The van der Waals surface area contributed by atoms with Crippen molar-refractivity contribution < 1.29 is 22.0 Å². The molecule has 0 spiro atoms. The molecule has 4 aromatic rings. The summed E-state index contributed by atoms with van der Waals surface area (Å²) in [6, 6.07) is 18.2. The second-order valence-corrected chi connectivity index (χ2v) is 6.50. The molecule has 4 rings (SSSR count). The Bertz CT molecular complexity index is 1260. The minimum atomic E-state index is -2.61. The molecule has 2 aromatic heterocycles. The zero-order valence-corrected chi connectivity index (χ0v) is 16.5. The van der Waals surface area contributed by atoms with Crippen LogP contribution in [0, 0.1) is 11.7 Å². The summed E-state index contributed by atoms with van der Waals surface area (Å²) >= 11 is 0. The van der Waals surface area contributed by atoms with E-state index in [0.29, 0.717) is 34.4 Å². The van der Waals surface area contributed by atoms with E-state index < -0.39 is 10.5 Å². The third-order valence-electron chi connectivity index (χ3n) is 3.80. The van der Waals surface area contributed by atoms with Gasteiger partial charge in [0, 0.05) is 16.8 Å². The summed E-state index contributed by atoms with van der Waals surface area (Å²) < 4.78 is 33.7. The number of aromatic nitrogens is 2. The van der Waals surface area contributed by atoms with Crippen LogP contribution in [-0.2, 0) is 10.5 Å². The van der Waals surface area contributed by atoms with Crippen LogP contribution in [0.5, 0.6) is 0 Å². The zero-order valence-electron chi connectivity index (χ0n) is 15.7. The van der Waals surface area contributed by atoms with E-state index in [1.807, 2.05) is 37.3 Å². The maximum atomic E-state index is 12.4. The van der Waals surface area contributed by atoms with E-state index in [0.717, 1.165) is 5.56 Å². The normalized spacial score (nSPS) is 10.0. The number of hydrogen-bond donors (Lipinski definition) is 2. The lowest BCUT2D eigenvalue weighted by atomic mass is 10.1. The number of rotatable bonds is 4. The van der Waals surface area contributed by atoms with Crippen LogP contribution < -0.4 is 5.32 Å². The first-order valence-electron chi connectivity index (χ1n) is 8.58. The molecule has 0 aliphatic carbocycles. The number of nitrogens with one attached hydrogen (secondary N) is 2. The third-order valence-corrected chi connectivity index (χ3v) is 3.80. The van der Waals surface area contributed by atoms with Gasteiger partial charge in [-0.1, -0.05) is 23.8 Å². The highest BCUT2D eigenvalue weighted by Gasteiger charge is 2.13. The number of benzene rings is 2. The minimum Gasteiger partial charge on any atom is -0.459 e. The molecule has 0 unspecified atom stereocenters. The van der Waals surface area contributed by atoms with Gasteiger partial charge in [0.1, 0.15) is 0 Å². The summed E-state index contributed by atoms with van der Waals surface area (Å²) in [6.07, 6.45) is 1.54. The van der Waals surface area contributed by atoms with E-state index in [9.17, 15) is 4.79 Å². The van der Waals surface area contributed by atoms with Gasteiger partial charge >= 0.3 is 10.5 Å². The molecular weight excluding hydrogens is 408 g/mol. The Hall–Kier alpha value is -4.05. The molecule has 30 heavy (non-hydrogen) atoms. The average Bonchev–Trinajstić information content (AvgIpc) is 3.39. The Morgan fingerprint density at radius 1 is 1.00 bits per heavy atom. The monoisotopic (exact) mass is 424 g/mol. The van der Waals surface area contributed by atoms with Crippen LogP contribution in [0.1, 0.15) is 15.9 Å². The predicted molar refractivity (Wildman–Crippen MR) is 108 cm³/mol. The van der Waals surface area contributed by atoms with Crippen molar-refractivity contribution in [3.8, 4) is 23.1 Å². The van der Waals surface area contributed by atoms with Crippen molar-refractivity contribution in [2.24, 2.45) is 0 Å². The topological polar surface area (TPSA) is 139 Å². The second-order valence-electron chi connectivity index (χ2n) is 6.03. The smallest absolute Gasteiger partial charge is 0.308 e. The van der Waals surface area contributed by atoms with Crippen LogP contribution in [0.4, 0.5) is 5.69 Å². The Labute approximate surface area is 172 Å². The first kappa shape index (κ1) is 20.7. The number of carbonyl (C=O) groups is 1. The molecule has 152 valence electrons. The van der Waals surface area contributed by atoms with Gasteiger partial charge in [-0.3, -0.25) is 4.79 Å². The molecule has 2 heterocycles. The van der Waals surface area contributed by atoms with Crippen molar-refractivity contribution in [3.63, 3.8) is 0 Å². The number of furan rings is 1. The predicted octanol–water partition coefficient (Wildman–Crippen LogP) is 4.19. The van der Waals surface area contributed by atoms with Crippen LogP contribution in [-0.4, -0.2) is 24.5 Å². The first-order valence-corrected chi connectivity index (χ1v) is 9.66. The summed E-state index contributed by atoms with van der Waals surface area (Å²) in [5.74, 6) is 0.988. The molecule has 0 atom stereocenters. The number of nitrogens with zero attached hydrogens (tertiary/aromatic N) is 2. The fraction of sp³-hybridized carbons (Fsp3) is 0.0500. The minimum absolute atomic E-state index is 0.173. The van der Waals surface area contributed by atoms with E-state index in [2.05, 4.69) is 15.5 Å². The lowest BCUT2D eigenvalue weighted by Gasteiger charge is -2.06. The van der Waals surface area contributed by atoms with Gasteiger partial charge in [0.2, 0.25) is 5.89 Å². The van der Waals surface area contributed by atoms with Crippen molar-refractivity contribution in [3.05, 3.63) is 78.1 Å². The lowest BCUT2D eigenvalue weighted by molar-refractivity contribution is 0.102. The van der Waals surface area contributed by atoms with Gasteiger partial charge in [0.25, 0.3) is 11.8 Å². The Balaban J connectivity index is 0.000000589. The molecule has 10 heteroatoms. The summed E-state index contributed by atoms with van der Waals surface area (Å²) in [6.45, 7) is 1.95. The number of hydrogen-bond acceptors (Lipinski definition) is 8. The number of aryl methyl sites for hydroxylation is 1. The van der Waals surface area contributed by atoms with Crippen molar-refractivity contribution in [2.45, 2.75) is 6.92 Å². The quantitative estimate of drug-likeness (QED) is 0.501. The second kappa shape index (κ2) is 9.43. The van der Waals surface area contributed by atoms with Crippen molar-refractivity contribution in [1.29, 1.82) is 4.78 Å². The van der Waals surface area contributed by atoms with Gasteiger partial charge in [0.05, 0.1) is 6.26 Å². The van der Waals surface area contributed by atoms with Crippen LogP contribution in [0.15, 0.2) is 75.8 Å². The molecular formula is C20H16N4O5S. The molecule has 2 aromatic carbocycles. The van der Waals surface area contributed by atoms with E-state index in [1.165, 1.54) is 0 Å². The van der Waals surface area contributed by atoms with Gasteiger partial charge in [-0.15, -0.1) is 10.2 Å².